The molecular weight excluding hydrogens is 186 g/mol. The molecule has 0 fully saturated rings. The van der Waals surface area contributed by atoms with Crippen LogP contribution in [0.2, 0.25) is 5.15 Å². The zero-order valence-electron chi connectivity index (χ0n) is 8.08. The number of nitrogens with zero attached hydrogens (tertiary/aromatic N) is 1. The second-order valence-corrected chi connectivity index (χ2v) is 4.57. The lowest BCUT2D eigenvalue weighted by molar-refractivity contribution is 0.0624. The topological polar surface area (TPSA) is 33.1 Å². The monoisotopic (exact) mass is 199 g/mol. The van der Waals surface area contributed by atoms with Gasteiger partial charge in [-0.15, -0.1) is 0 Å². The Hall–Kier alpha value is -0.600. The highest BCUT2D eigenvalue weighted by Gasteiger charge is 2.23. The molecule has 2 nitrogen and oxygen atoms in total. The number of aliphatic hydroxyl groups excluding tert-OH is 1. The molecule has 0 amide bonds. The fourth-order valence-corrected chi connectivity index (χ4v) is 1.16. The summed E-state index contributed by atoms with van der Waals surface area (Å²) in [5.74, 6) is 0. The van der Waals surface area contributed by atoms with Gasteiger partial charge in [-0.2, -0.15) is 0 Å². The lowest BCUT2D eigenvalue weighted by Crippen LogP contribution is -2.17. The molecule has 0 saturated heterocycles. The first-order valence-corrected chi connectivity index (χ1v) is 4.58. The van der Waals surface area contributed by atoms with E-state index in [2.05, 4.69) is 4.98 Å². The maximum absolute atomic E-state index is 9.86. The number of halogens is 1. The Morgan fingerprint density at radius 2 is 2.00 bits per heavy atom. The summed E-state index contributed by atoms with van der Waals surface area (Å²) in [5, 5.41) is 10.3. The van der Waals surface area contributed by atoms with Gasteiger partial charge in [-0.25, -0.2) is 4.98 Å². The summed E-state index contributed by atoms with van der Waals surface area (Å²) in [5.41, 5.74) is 0.632. The number of rotatable bonds is 1. The van der Waals surface area contributed by atoms with E-state index in [0.717, 1.165) is 5.56 Å². The number of hydrogen-bond donors (Lipinski definition) is 1. The number of aromatic nitrogens is 1. The fraction of sp³-hybridized carbons (Fsp3) is 0.500. The second-order valence-electron chi connectivity index (χ2n) is 4.18. The molecule has 0 aliphatic rings. The van der Waals surface area contributed by atoms with Gasteiger partial charge in [0.2, 0.25) is 0 Å². The molecule has 13 heavy (non-hydrogen) atoms. The molecule has 1 heterocycles. The van der Waals surface area contributed by atoms with E-state index in [0.29, 0.717) is 5.15 Å². The second kappa shape index (κ2) is 3.64. The van der Waals surface area contributed by atoms with Gasteiger partial charge in [0.25, 0.3) is 0 Å². The van der Waals surface area contributed by atoms with E-state index in [-0.39, 0.29) is 5.41 Å². The van der Waals surface area contributed by atoms with Gasteiger partial charge >= 0.3 is 0 Å². The van der Waals surface area contributed by atoms with Crippen LogP contribution in [0, 0.1) is 5.41 Å². The Bertz CT molecular complexity index is 276. The largest absolute Gasteiger partial charge is 0.388 e. The lowest BCUT2D eigenvalue weighted by atomic mass is 9.85. The SMILES string of the molecule is CC(C)(C)[C@@H](O)c1ccc(Cl)nc1. The van der Waals surface area contributed by atoms with Crippen molar-refractivity contribution in [1.82, 2.24) is 4.98 Å². The molecule has 0 unspecified atom stereocenters. The Labute approximate surface area is 83.6 Å². The fourth-order valence-electron chi connectivity index (χ4n) is 1.05. The Morgan fingerprint density at radius 3 is 2.38 bits per heavy atom. The molecule has 0 saturated carbocycles. The first kappa shape index (κ1) is 10.5. The summed E-state index contributed by atoms with van der Waals surface area (Å²) in [4.78, 5) is 3.92. The van der Waals surface area contributed by atoms with Crippen LogP contribution in [0.3, 0.4) is 0 Å². The van der Waals surface area contributed by atoms with Crippen LogP contribution in [-0.4, -0.2) is 10.1 Å². The average Bonchev–Trinajstić information content (AvgIpc) is 2.03. The van der Waals surface area contributed by atoms with Crippen molar-refractivity contribution in [1.29, 1.82) is 0 Å². The van der Waals surface area contributed by atoms with E-state index in [1.807, 2.05) is 20.8 Å². The highest BCUT2D eigenvalue weighted by Crippen LogP contribution is 2.32. The number of pyridine rings is 1. The molecule has 3 heteroatoms. The van der Waals surface area contributed by atoms with Crippen LogP contribution in [-0.2, 0) is 0 Å². The van der Waals surface area contributed by atoms with Crippen molar-refractivity contribution in [3.05, 3.63) is 29.0 Å². The smallest absolute Gasteiger partial charge is 0.129 e. The zero-order valence-corrected chi connectivity index (χ0v) is 8.84. The summed E-state index contributed by atoms with van der Waals surface area (Å²) in [6.45, 7) is 5.94. The Morgan fingerprint density at radius 1 is 1.38 bits per heavy atom. The van der Waals surface area contributed by atoms with Gasteiger partial charge < -0.3 is 5.11 Å². The highest BCUT2D eigenvalue weighted by atomic mass is 35.5. The van der Waals surface area contributed by atoms with E-state index >= 15 is 0 Å². The summed E-state index contributed by atoms with van der Waals surface area (Å²) < 4.78 is 0. The van der Waals surface area contributed by atoms with Crippen LogP contribution in [0.4, 0.5) is 0 Å². The van der Waals surface area contributed by atoms with Crippen LogP contribution < -0.4 is 0 Å². The van der Waals surface area contributed by atoms with Crippen molar-refractivity contribution < 1.29 is 5.11 Å². The van der Waals surface area contributed by atoms with Crippen molar-refractivity contribution in [2.75, 3.05) is 0 Å². The van der Waals surface area contributed by atoms with Crippen LogP contribution in [0.15, 0.2) is 18.3 Å². The molecule has 1 aromatic heterocycles. The summed E-state index contributed by atoms with van der Waals surface area (Å²) in [6.07, 6.45) is 1.11. The van der Waals surface area contributed by atoms with Crippen LogP contribution in [0.25, 0.3) is 0 Å². The molecule has 1 rings (SSSR count). The molecule has 0 aliphatic heterocycles. The zero-order chi connectivity index (χ0) is 10.1. The molecule has 1 aromatic rings. The van der Waals surface area contributed by atoms with E-state index in [4.69, 9.17) is 11.6 Å². The summed E-state index contributed by atoms with van der Waals surface area (Å²) >= 11 is 5.64. The molecular formula is C10H14ClNO. The molecule has 1 atom stereocenters. The molecule has 72 valence electrons. The van der Waals surface area contributed by atoms with Gasteiger partial charge in [-0.3, -0.25) is 0 Å². The Kier molecular flexibility index (Phi) is 2.94. The third-order valence-electron chi connectivity index (χ3n) is 1.89. The highest BCUT2D eigenvalue weighted by molar-refractivity contribution is 6.29. The predicted molar refractivity (Wildman–Crippen MR) is 53.7 cm³/mol. The number of hydrogen-bond acceptors (Lipinski definition) is 2. The van der Waals surface area contributed by atoms with Crippen molar-refractivity contribution >= 4 is 11.6 Å². The van der Waals surface area contributed by atoms with Crippen LogP contribution in [0.1, 0.15) is 32.4 Å². The van der Waals surface area contributed by atoms with Gasteiger partial charge in [-0.1, -0.05) is 38.4 Å². The minimum atomic E-state index is -0.503. The molecule has 0 bridgehead atoms. The average molecular weight is 200 g/mol. The van der Waals surface area contributed by atoms with E-state index in [1.54, 1.807) is 18.3 Å². The van der Waals surface area contributed by atoms with Crippen molar-refractivity contribution in [2.24, 2.45) is 5.41 Å². The van der Waals surface area contributed by atoms with Crippen molar-refractivity contribution in [3.8, 4) is 0 Å². The van der Waals surface area contributed by atoms with Gasteiger partial charge in [0.15, 0.2) is 0 Å². The van der Waals surface area contributed by atoms with E-state index in [9.17, 15) is 5.11 Å². The molecule has 0 spiro atoms. The summed E-state index contributed by atoms with van der Waals surface area (Å²) in [6, 6.07) is 3.48. The third kappa shape index (κ3) is 2.68. The first-order chi connectivity index (χ1) is 5.91. The number of aliphatic hydroxyl groups is 1. The van der Waals surface area contributed by atoms with E-state index in [1.165, 1.54) is 0 Å². The maximum Gasteiger partial charge on any atom is 0.129 e. The lowest BCUT2D eigenvalue weighted by Gasteiger charge is -2.25. The molecule has 0 aromatic carbocycles. The van der Waals surface area contributed by atoms with Gasteiger partial charge in [0.05, 0.1) is 6.10 Å². The predicted octanol–water partition coefficient (Wildman–Crippen LogP) is 2.81. The van der Waals surface area contributed by atoms with Crippen molar-refractivity contribution in [2.45, 2.75) is 26.9 Å². The molecule has 0 radical (unpaired) electrons. The quantitative estimate of drug-likeness (QED) is 0.706. The standard InChI is InChI=1S/C10H14ClNO/c1-10(2,3)9(13)7-4-5-8(11)12-6-7/h4-6,9,13H,1-3H3/t9-/m0/s1. The minimum Gasteiger partial charge on any atom is -0.388 e. The molecule has 1 N–H and O–H groups in total. The van der Waals surface area contributed by atoms with Crippen LogP contribution >= 0.6 is 11.6 Å². The first-order valence-electron chi connectivity index (χ1n) is 4.21. The third-order valence-corrected chi connectivity index (χ3v) is 2.11. The minimum absolute atomic E-state index is 0.171. The maximum atomic E-state index is 9.86. The summed E-state index contributed by atoms with van der Waals surface area (Å²) in [7, 11) is 0. The normalized spacial score (nSPS) is 14.2. The van der Waals surface area contributed by atoms with Gasteiger partial charge in [-0.05, 0) is 17.0 Å². The van der Waals surface area contributed by atoms with Crippen molar-refractivity contribution in [3.63, 3.8) is 0 Å². The van der Waals surface area contributed by atoms with Gasteiger partial charge in [0.1, 0.15) is 5.15 Å². The van der Waals surface area contributed by atoms with Crippen LogP contribution in [0.5, 0.6) is 0 Å². The van der Waals surface area contributed by atoms with Gasteiger partial charge in [0, 0.05) is 6.20 Å². The van der Waals surface area contributed by atoms with E-state index < -0.39 is 6.10 Å². The molecule has 0 aliphatic carbocycles. The Balaban J connectivity index is 2.90.